The van der Waals surface area contributed by atoms with Gasteiger partial charge in [0, 0.05) is 19.3 Å². The number of aliphatic hydroxyl groups excluding tert-OH is 1. The van der Waals surface area contributed by atoms with Gasteiger partial charge in [-0.2, -0.15) is 0 Å². The Kier molecular flexibility index (Phi) is 3.80. The summed E-state index contributed by atoms with van der Waals surface area (Å²) in [6.45, 7) is 0.260. The predicted molar refractivity (Wildman–Crippen MR) is 71.3 cm³/mol. The summed E-state index contributed by atoms with van der Waals surface area (Å²) in [5.74, 6) is -0.452. The van der Waals surface area contributed by atoms with Gasteiger partial charge in [-0.15, -0.1) is 0 Å². The van der Waals surface area contributed by atoms with Crippen molar-refractivity contribution in [2.75, 3.05) is 12.4 Å². The quantitative estimate of drug-likeness (QED) is 0.895. The van der Waals surface area contributed by atoms with E-state index in [-0.39, 0.29) is 16.6 Å². The first kappa shape index (κ1) is 13.2. The molecule has 1 aromatic carbocycles. The van der Waals surface area contributed by atoms with E-state index in [2.05, 4.69) is 5.32 Å². The van der Waals surface area contributed by atoms with Crippen molar-refractivity contribution in [2.24, 2.45) is 0 Å². The summed E-state index contributed by atoms with van der Waals surface area (Å²) in [7, 11) is 1.83. The van der Waals surface area contributed by atoms with Crippen molar-refractivity contribution < 1.29 is 9.90 Å². The summed E-state index contributed by atoms with van der Waals surface area (Å²) in [4.78, 5) is 13.0. The SMILES string of the molecule is CNc1ccc(CN2C(=O)C(Cl)=C(Cl)C2O)cc1. The zero-order valence-corrected chi connectivity index (χ0v) is 11.2. The number of nitrogens with one attached hydrogen (secondary N) is 1. The first-order valence-electron chi connectivity index (χ1n) is 5.35. The second-order valence-corrected chi connectivity index (χ2v) is 4.70. The maximum Gasteiger partial charge on any atom is 0.269 e. The highest BCUT2D eigenvalue weighted by molar-refractivity contribution is 6.49. The van der Waals surface area contributed by atoms with E-state index in [0.717, 1.165) is 11.3 Å². The van der Waals surface area contributed by atoms with Crippen molar-refractivity contribution in [3.8, 4) is 0 Å². The fourth-order valence-electron chi connectivity index (χ4n) is 1.72. The molecule has 1 atom stereocenters. The van der Waals surface area contributed by atoms with Crippen molar-refractivity contribution in [1.82, 2.24) is 4.90 Å². The number of benzene rings is 1. The first-order chi connectivity index (χ1) is 8.54. The average Bonchev–Trinajstić information content (AvgIpc) is 2.57. The van der Waals surface area contributed by atoms with Gasteiger partial charge in [0.25, 0.3) is 5.91 Å². The van der Waals surface area contributed by atoms with Crippen LogP contribution < -0.4 is 5.32 Å². The van der Waals surface area contributed by atoms with Crippen LogP contribution in [0.2, 0.25) is 0 Å². The van der Waals surface area contributed by atoms with Crippen LogP contribution in [0.5, 0.6) is 0 Å². The van der Waals surface area contributed by atoms with Crippen LogP contribution in [-0.4, -0.2) is 29.2 Å². The number of carbonyl (C=O) groups excluding carboxylic acids is 1. The lowest BCUT2D eigenvalue weighted by atomic mass is 10.2. The molecule has 18 heavy (non-hydrogen) atoms. The van der Waals surface area contributed by atoms with Gasteiger partial charge in [0.05, 0.1) is 5.03 Å². The van der Waals surface area contributed by atoms with Crippen molar-refractivity contribution in [3.05, 3.63) is 39.9 Å². The molecule has 1 unspecified atom stereocenters. The van der Waals surface area contributed by atoms with E-state index in [9.17, 15) is 9.90 Å². The Balaban J connectivity index is 2.13. The normalized spacial score (nSPS) is 19.7. The molecule has 0 spiro atoms. The summed E-state index contributed by atoms with van der Waals surface area (Å²) >= 11 is 11.4. The average molecular weight is 287 g/mol. The Labute approximate surface area is 115 Å². The number of rotatable bonds is 3. The van der Waals surface area contributed by atoms with Gasteiger partial charge in [-0.25, -0.2) is 0 Å². The smallest absolute Gasteiger partial charge is 0.269 e. The predicted octanol–water partition coefficient (Wildman–Crippen LogP) is 2.08. The molecule has 0 aliphatic carbocycles. The summed E-state index contributed by atoms with van der Waals surface area (Å²) in [6, 6.07) is 7.51. The van der Waals surface area contributed by atoms with Crippen molar-refractivity contribution in [2.45, 2.75) is 12.8 Å². The third kappa shape index (κ3) is 2.32. The summed E-state index contributed by atoms with van der Waals surface area (Å²) in [6.07, 6.45) is -1.16. The molecule has 6 heteroatoms. The molecule has 4 nitrogen and oxygen atoms in total. The third-order valence-electron chi connectivity index (χ3n) is 2.78. The molecule has 0 bridgehead atoms. The fraction of sp³-hybridized carbons (Fsp3) is 0.250. The van der Waals surface area contributed by atoms with Gasteiger partial charge in [-0.05, 0) is 17.7 Å². The molecule has 0 saturated heterocycles. The second-order valence-electron chi connectivity index (χ2n) is 3.92. The van der Waals surface area contributed by atoms with Crippen molar-refractivity contribution in [3.63, 3.8) is 0 Å². The molecule has 1 aliphatic heterocycles. The van der Waals surface area contributed by atoms with Crippen LogP contribution >= 0.6 is 23.2 Å². The lowest BCUT2D eigenvalue weighted by Crippen LogP contribution is -2.34. The number of carbonyl (C=O) groups is 1. The van der Waals surface area contributed by atoms with Gasteiger partial charge in [0.1, 0.15) is 5.03 Å². The van der Waals surface area contributed by atoms with Crippen LogP contribution in [0, 0.1) is 0 Å². The number of halogens is 2. The van der Waals surface area contributed by atoms with E-state index in [1.807, 2.05) is 31.3 Å². The maximum atomic E-state index is 11.7. The van der Waals surface area contributed by atoms with Gasteiger partial charge < -0.3 is 15.3 Å². The number of aliphatic hydroxyl groups is 1. The van der Waals surface area contributed by atoms with Gasteiger partial charge >= 0.3 is 0 Å². The fourth-order valence-corrected chi connectivity index (χ4v) is 2.13. The third-order valence-corrected chi connectivity index (χ3v) is 3.62. The van der Waals surface area contributed by atoms with Crippen molar-refractivity contribution in [1.29, 1.82) is 0 Å². The van der Waals surface area contributed by atoms with E-state index >= 15 is 0 Å². The number of hydrogen-bond acceptors (Lipinski definition) is 3. The molecule has 1 amide bonds. The molecule has 2 N–H and O–H groups in total. The van der Waals surface area contributed by atoms with Crippen LogP contribution in [0.3, 0.4) is 0 Å². The van der Waals surface area contributed by atoms with E-state index in [0.29, 0.717) is 0 Å². The molecule has 1 heterocycles. The second kappa shape index (κ2) is 5.18. The summed E-state index contributed by atoms with van der Waals surface area (Å²) < 4.78 is 0. The molecule has 96 valence electrons. The monoisotopic (exact) mass is 286 g/mol. The lowest BCUT2D eigenvalue weighted by Gasteiger charge is -2.21. The topological polar surface area (TPSA) is 52.6 Å². The van der Waals surface area contributed by atoms with Crippen LogP contribution in [0.1, 0.15) is 5.56 Å². The molecule has 0 fully saturated rings. The largest absolute Gasteiger partial charge is 0.388 e. The Bertz CT molecular complexity index is 499. The standard InChI is InChI=1S/C12H12Cl2N2O2/c1-15-8-4-2-7(3-5-8)6-16-11(17)9(13)10(14)12(16)18/h2-5,11,15,17H,6H2,1H3. The van der Waals surface area contributed by atoms with Crippen LogP contribution in [0.15, 0.2) is 34.3 Å². The Morgan fingerprint density at radius 1 is 1.33 bits per heavy atom. The number of nitrogens with zero attached hydrogens (tertiary/aromatic N) is 1. The molecule has 1 aliphatic rings. The maximum absolute atomic E-state index is 11.7. The Morgan fingerprint density at radius 2 is 1.94 bits per heavy atom. The van der Waals surface area contributed by atoms with Gasteiger partial charge in [-0.1, -0.05) is 35.3 Å². The van der Waals surface area contributed by atoms with Gasteiger partial charge in [-0.3, -0.25) is 4.79 Å². The molecule has 2 rings (SSSR count). The van der Waals surface area contributed by atoms with E-state index in [4.69, 9.17) is 23.2 Å². The summed E-state index contributed by atoms with van der Waals surface area (Å²) in [5, 5.41) is 12.6. The number of amides is 1. The van der Waals surface area contributed by atoms with Crippen LogP contribution in [0.25, 0.3) is 0 Å². The number of anilines is 1. The minimum atomic E-state index is -1.16. The molecular weight excluding hydrogens is 275 g/mol. The molecule has 1 aromatic rings. The molecular formula is C12H12Cl2N2O2. The minimum Gasteiger partial charge on any atom is -0.388 e. The Hall–Kier alpha value is -1.23. The molecule has 0 aromatic heterocycles. The number of hydrogen-bond donors (Lipinski definition) is 2. The Morgan fingerprint density at radius 3 is 2.39 bits per heavy atom. The minimum absolute atomic E-state index is 0.0199. The highest BCUT2D eigenvalue weighted by Crippen LogP contribution is 2.31. The van der Waals surface area contributed by atoms with Crippen molar-refractivity contribution >= 4 is 34.8 Å². The first-order valence-corrected chi connectivity index (χ1v) is 6.11. The van der Waals surface area contributed by atoms with E-state index in [1.165, 1.54) is 4.90 Å². The van der Waals surface area contributed by atoms with Gasteiger partial charge in [0.15, 0.2) is 6.23 Å². The van der Waals surface area contributed by atoms with E-state index in [1.54, 1.807) is 0 Å². The molecule has 0 radical (unpaired) electrons. The van der Waals surface area contributed by atoms with Crippen LogP contribution in [0.4, 0.5) is 5.69 Å². The highest BCUT2D eigenvalue weighted by atomic mass is 35.5. The van der Waals surface area contributed by atoms with E-state index < -0.39 is 12.1 Å². The zero-order valence-electron chi connectivity index (χ0n) is 9.65. The molecule has 0 saturated carbocycles. The lowest BCUT2D eigenvalue weighted by molar-refractivity contribution is -0.132. The summed E-state index contributed by atoms with van der Waals surface area (Å²) in [5.41, 5.74) is 1.86. The van der Waals surface area contributed by atoms with Gasteiger partial charge in [0.2, 0.25) is 0 Å². The zero-order chi connectivity index (χ0) is 13.3. The highest BCUT2D eigenvalue weighted by Gasteiger charge is 2.36. The van der Waals surface area contributed by atoms with Crippen LogP contribution in [-0.2, 0) is 11.3 Å².